The first-order chi connectivity index (χ1) is 14.0. The summed E-state index contributed by atoms with van der Waals surface area (Å²) in [5, 5.41) is 4.27. The van der Waals surface area contributed by atoms with Gasteiger partial charge in [-0.15, -0.1) is 0 Å². The number of hydrogen-bond acceptors (Lipinski definition) is 3. The second-order valence-corrected chi connectivity index (χ2v) is 8.99. The van der Waals surface area contributed by atoms with Crippen molar-refractivity contribution in [2.75, 3.05) is 19.7 Å². The van der Waals surface area contributed by atoms with Gasteiger partial charge in [0.2, 0.25) is 5.91 Å². The van der Waals surface area contributed by atoms with Gasteiger partial charge in [-0.25, -0.2) is 0 Å². The second kappa shape index (κ2) is 8.70. The van der Waals surface area contributed by atoms with E-state index >= 15 is 0 Å². The van der Waals surface area contributed by atoms with Gasteiger partial charge in [-0.05, 0) is 63.0 Å². The summed E-state index contributed by atoms with van der Waals surface area (Å²) in [5.41, 5.74) is 3.85. The van der Waals surface area contributed by atoms with Crippen LogP contribution in [0.4, 0.5) is 0 Å². The summed E-state index contributed by atoms with van der Waals surface area (Å²) < 4.78 is 8.16. The van der Waals surface area contributed by atoms with Crippen LogP contribution in [0.3, 0.4) is 0 Å². The number of rotatable bonds is 5. The second-order valence-electron chi connectivity index (χ2n) is 8.99. The molecule has 29 heavy (non-hydrogen) atoms. The molecule has 4 rings (SSSR count). The summed E-state index contributed by atoms with van der Waals surface area (Å²) in [6, 6.07) is 8.94. The van der Waals surface area contributed by atoms with Crippen LogP contribution in [-0.4, -0.2) is 45.9 Å². The van der Waals surface area contributed by atoms with Gasteiger partial charge in [-0.3, -0.25) is 9.48 Å². The molecule has 3 heterocycles. The monoisotopic (exact) mass is 395 g/mol. The molecule has 1 amide bonds. The molecule has 2 aromatic rings. The van der Waals surface area contributed by atoms with E-state index in [4.69, 9.17) is 4.74 Å². The van der Waals surface area contributed by atoms with Gasteiger partial charge in [-0.1, -0.05) is 29.8 Å². The van der Waals surface area contributed by atoms with Crippen molar-refractivity contribution in [1.29, 1.82) is 0 Å². The molecule has 0 radical (unpaired) electrons. The molecule has 0 saturated carbocycles. The van der Waals surface area contributed by atoms with Crippen molar-refractivity contribution in [2.45, 2.75) is 64.5 Å². The van der Waals surface area contributed by atoms with E-state index in [1.807, 2.05) is 28.9 Å². The molecule has 2 aliphatic rings. The molecular formula is C24H33N3O2. The molecule has 2 fully saturated rings. The van der Waals surface area contributed by atoms with Crippen molar-refractivity contribution in [3.05, 3.63) is 53.3 Å². The summed E-state index contributed by atoms with van der Waals surface area (Å²) in [7, 11) is 0. The van der Waals surface area contributed by atoms with Crippen LogP contribution >= 0.6 is 0 Å². The van der Waals surface area contributed by atoms with E-state index in [9.17, 15) is 4.79 Å². The number of likely N-dealkylation sites (tertiary alicyclic amines) is 1. The number of amides is 1. The average Bonchev–Trinajstić information content (AvgIpc) is 3.14. The fourth-order valence-corrected chi connectivity index (χ4v) is 4.83. The highest BCUT2D eigenvalue weighted by Crippen LogP contribution is 2.39. The number of carbonyl (C=O) groups excluding carboxylic acids is 1. The van der Waals surface area contributed by atoms with Crippen molar-refractivity contribution in [3.8, 4) is 0 Å². The Morgan fingerprint density at radius 1 is 1.17 bits per heavy atom. The largest absolute Gasteiger partial charge is 0.375 e. The molecule has 0 N–H and O–H groups in total. The van der Waals surface area contributed by atoms with E-state index in [2.05, 4.69) is 36.3 Å². The maximum Gasteiger partial charge on any atom is 0.224 e. The lowest BCUT2D eigenvalue weighted by atomic mass is 9.77. The van der Waals surface area contributed by atoms with Gasteiger partial charge in [0.05, 0.1) is 11.8 Å². The lowest BCUT2D eigenvalue weighted by molar-refractivity contribution is -0.147. The number of nitrogens with zero attached hydrogens (tertiary/aromatic N) is 3. The van der Waals surface area contributed by atoms with Crippen molar-refractivity contribution >= 4 is 5.91 Å². The minimum Gasteiger partial charge on any atom is -0.375 e. The highest BCUT2D eigenvalue weighted by Gasteiger charge is 2.40. The number of piperidine rings is 1. The first-order valence-corrected chi connectivity index (χ1v) is 11.0. The standard InChI is InChI=1S/C24H33N3O2/c1-19-3-5-21(6-4-19)15-22-8-14-29-24(16-22)9-12-26(13-10-24)23(28)7-11-27-18-20(2)17-25-27/h3-6,17-18,22H,7-16H2,1-2H3. The number of aromatic nitrogens is 2. The molecule has 2 aliphatic heterocycles. The summed E-state index contributed by atoms with van der Waals surface area (Å²) in [6.45, 7) is 7.29. The van der Waals surface area contributed by atoms with Gasteiger partial charge in [0.1, 0.15) is 0 Å². The van der Waals surface area contributed by atoms with E-state index in [1.165, 1.54) is 11.1 Å². The normalized spacial score (nSPS) is 21.4. The highest BCUT2D eigenvalue weighted by molar-refractivity contribution is 5.76. The zero-order valence-electron chi connectivity index (χ0n) is 17.8. The SMILES string of the molecule is Cc1ccc(CC2CCOC3(CCN(C(=O)CCn4cc(C)cn4)CC3)C2)cc1. The average molecular weight is 396 g/mol. The van der Waals surface area contributed by atoms with Crippen LogP contribution in [0.2, 0.25) is 0 Å². The van der Waals surface area contributed by atoms with E-state index in [0.29, 0.717) is 18.9 Å². The summed E-state index contributed by atoms with van der Waals surface area (Å²) in [5.74, 6) is 0.914. The Labute approximate surface area is 174 Å². The number of carbonyl (C=O) groups is 1. The zero-order valence-corrected chi connectivity index (χ0v) is 17.8. The third-order valence-electron chi connectivity index (χ3n) is 6.58. The molecule has 0 bridgehead atoms. The first kappa shape index (κ1) is 20.1. The number of benzene rings is 1. The molecular weight excluding hydrogens is 362 g/mol. The molecule has 5 heteroatoms. The van der Waals surface area contributed by atoms with Crippen LogP contribution in [0.25, 0.3) is 0 Å². The zero-order chi connectivity index (χ0) is 20.3. The van der Waals surface area contributed by atoms with Crippen LogP contribution in [-0.2, 0) is 22.5 Å². The van der Waals surface area contributed by atoms with Crippen molar-refractivity contribution in [1.82, 2.24) is 14.7 Å². The Bertz CT molecular complexity index is 819. The first-order valence-electron chi connectivity index (χ1n) is 11.0. The third kappa shape index (κ3) is 5.08. The lowest BCUT2D eigenvalue weighted by Crippen LogP contribution is -2.51. The van der Waals surface area contributed by atoms with E-state index in [1.54, 1.807) is 0 Å². The Morgan fingerprint density at radius 2 is 1.93 bits per heavy atom. The molecule has 1 spiro atoms. The van der Waals surface area contributed by atoms with E-state index < -0.39 is 0 Å². The predicted molar refractivity (Wildman–Crippen MR) is 114 cm³/mol. The minimum absolute atomic E-state index is 0.0243. The number of aryl methyl sites for hydroxylation is 3. The Balaban J connectivity index is 1.27. The molecule has 2 saturated heterocycles. The quantitative estimate of drug-likeness (QED) is 0.771. The molecule has 0 aliphatic carbocycles. The van der Waals surface area contributed by atoms with Crippen LogP contribution in [0.5, 0.6) is 0 Å². The van der Waals surface area contributed by atoms with Gasteiger partial charge in [0, 0.05) is 38.9 Å². The number of ether oxygens (including phenoxy) is 1. The summed E-state index contributed by atoms with van der Waals surface area (Å²) in [6.07, 6.45) is 9.67. The predicted octanol–water partition coefficient (Wildman–Crippen LogP) is 3.92. The van der Waals surface area contributed by atoms with Gasteiger partial charge in [0.25, 0.3) is 0 Å². The molecule has 1 atom stereocenters. The maximum absolute atomic E-state index is 12.6. The van der Waals surface area contributed by atoms with Crippen LogP contribution in [0, 0.1) is 19.8 Å². The molecule has 1 aromatic carbocycles. The summed E-state index contributed by atoms with van der Waals surface area (Å²) >= 11 is 0. The van der Waals surface area contributed by atoms with Crippen molar-refractivity contribution in [2.24, 2.45) is 5.92 Å². The topological polar surface area (TPSA) is 47.4 Å². The van der Waals surface area contributed by atoms with Crippen LogP contribution < -0.4 is 0 Å². The Hall–Kier alpha value is -2.14. The molecule has 5 nitrogen and oxygen atoms in total. The Kier molecular flexibility index (Phi) is 6.04. The van der Waals surface area contributed by atoms with Crippen molar-refractivity contribution < 1.29 is 9.53 Å². The van der Waals surface area contributed by atoms with Crippen LogP contribution in [0.1, 0.15) is 48.8 Å². The van der Waals surface area contributed by atoms with Gasteiger partial charge >= 0.3 is 0 Å². The fourth-order valence-electron chi connectivity index (χ4n) is 4.83. The minimum atomic E-state index is -0.0243. The van der Waals surface area contributed by atoms with Gasteiger partial charge in [0.15, 0.2) is 0 Å². The smallest absolute Gasteiger partial charge is 0.224 e. The van der Waals surface area contributed by atoms with E-state index in [0.717, 1.165) is 57.4 Å². The number of hydrogen-bond donors (Lipinski definition) is 0. The fraction of sp³-hybridized carbons (Fsp3) is 0.583. The van der Waals surface area contributed by atoms with Gasteiger partial charge in [-0.2, -0.15) is 5.10 Å². The molecule has 1 unspecified atom stereocenters. The third-order valence-corrected chi connectivity index (χ3v) is 6.58. The van der Waals surface area contributed by atoms with E-state index in [-0.39, 0.29) is 11.5 Å². The van der Waals surface area contributed by atoms with Crippen LogP contribution in [0.15, 0.2) is 36.7 Å². The van der Waals surface area contributed by atoms with Gasteiger partial charge < -0.3 is 9.64 Å². The van der Waals surface area contributed by atoms with Crippen molar-refractivity contribution in [3.63, 3.8) is 0 Å². The lowest BCUT2D eigenvalue weighted by Gasteiger charge is -2.46. The molecule has 1 aromatic heterocycles. The highest BCUT2D eigenvalue weighted by atomic mass is 16.5. The summed E-state index contributed by atoms with van der Waals surface area (Å²) in [4.78, 5) is 14.6. The molecule has 156 valence electrons. The maximum atomic E-state index is 12.6. The Morgan fingerprint density at radius 3 is 2.62 bits per heavy atom.